The summed E-state index contributed by atoms with van der Waals surface area (Å²) in [6.45, 7) is 6.66. The van der Waals surface area contributed by atoms with E-state index in [9.17, 15) is 14.4 Å². The van der Waals surface area contributed by atoms with E-state index in [2.05, 4.69) is 45.1 Å². The lowest BCUT2D eigenvalue weighted by molar-refractivity contribution is -0.167. The zero-order valence-electron chi connectivity index (χ0n) is 43.1. The molecule has 0 aliphatic carbocycles. The monoisotopic (exact) mass is 901 g/mol. The Morgan fingerprint density at radius 2 is 0.516 bits per heavy atom. The molecule has 0 aromatic carbocycles. The van der Waals surface area contributed by atoms with Gasteiger partial charge < -0.3 is 14.2 Å². The van der Waals surface area contributed by atoms with Crippen molar-refractivity contribution < 1.29 is 28.6 Å². The SMILES string of the molecule is CCCCCCCCC/C=C\CCCCCC(=O)OC(COC(=O)CCCCCCCCC/C=C\CCCCCCCCCC)COC(=O)CCCCCCCCCCCCCCC. The molecule has 0 amide bonds. The van der Waals surface area contributed by atoms with Gasteiger partial charge in [-0.15, -0.1) is 0 Å². The summed E-state index contributed by atoms with van der Waals surface area (Å²) < 4.78 is 16.8. The van der Waals surface area contributed by atoms with E-state index in [1.165, 1.54) is 199 Å². The van der Waals surface area contributed by atoms with Gasteiger partial charge in [-0.1, -0.05) is 244 Å². The summed E-state index contributed by atoms with van der Waals surface area (Å²) in [5, 5.41) is 0. The van der Waals surface area contributed by atoms with Gasteiger partial charge >= 0.3 is 17.9 Å². The number of carbonyl (C=O) groups excluding carboxylic acids is 3. The van der Waals surface area contributed by atoms with Gasteiger partial charge in [0.1, 0.15) is 13.2 Å². The van der Waals surface area contributed by atoms with Gasteiger partial charge in [-0.05, 0) is 70.6 Å². The minimum absolute atomic E-state index is 0.0745. The van der Waals surface area contributed by atoms with Gasteiger partial charge in [-0.25, -0.2) is 0 Å². The van der Waals surface area contributed by atoms with Crippen LogP contribution in [0.1, 0.15) is 310 Å². The summed E-state index contributed by atoms with van der Waals surface area (Å²) in [6, 6.07) is 0. The smallest absolute Gasteiger partial charge is 0.306 e. The molecule has 6 heteroatoms. The third-order valence-electron chi connectivity index (χ3n) is 12.7. The van der Waals surface area contributed by atoms with Crippen molar-refractivity contribution in [1.82, 2.24) is 0 Å². The fourth-order valence-electron chi connectivity index (χ4n) is 8.37. The fraction of sp³-hybridized carbons (Fsp3) is 0.879. The van der Waals surface area contributed by atoms with Crippen molar-refractivity contribution in [3.63, 3.8) is 0 Å². The molecular formula is C58H108O6. The highest BCUT2D eigenvalue weighted by Crippen LogP contribution is 2.16. The van der Waals surface area contributed by atoms with E-state index in [-0.39, 0.29) is 31.1 Å². The van der Waals surface area contributed by atoms with Gasteiger partial charge in [0, 0.05) is 19.3 Å². The topological polar surface area (TPSA) is 78.9 Å². The Hall–Kier alpha value is -2.11. The Kier molecular flexibility index (Phi) is 51.7. The molecule has 0 N–H and O–H groups in total. The molecule has 0 bridgehead atoms. The van der Waals surface area contributed by atoms with Crippen LogP contribution >= 0.6 is 0 Å². The van der Waals surface area contributed by atoms with Crippen molar-refractivity contribution in [3.05, 3.63) is 24.3 Å². The maximum absolute atomic E-state index is 12.8. The average Bonchev–Trinajstić information content (AvgIpc) is 3.29. The van der Waals surface area contributed by atoms with E-state index in [1.54, 1.807) is 0 Å². The van der Waals surface area contributed by atoms with Crippen LogP contribution in [0.2, 0.25) is 0 Å². The molecule has 1 unspecified atom stereocenters. The van der Waals surface area contributed by atoms with E-state index < -0.39 is 6.10 Å². The molecule has 64 heavy (non-hydrogen) atoms. The molecule has 0 radical (unpaired) electrons. The zero-order chi connectivity index (χ0) is 46.5. The Bertz CT molecular complexity index is 1040. The molecule has 376 valence electrons. The molecule has 0 spiro atoms. The van der Waals surface area contributed by atoms with Crippen molar-refractivity contribution >= 4 is 17.9 Å². The van der Waals surface area contributed by atoms with Crippen LogP contribution in [0.15, 0.2) is 24.3 Å². The molecule has 0 heterocycles. The molecule has 1 atom stereocenters. The normalized spacial score (nSPS) is 12.1. The number of carbonyl (C=O) groups is 3. The van der Waals surface area contributed by atoms with Crippen LogP contribution in [0.4, 0.5) is 0 Å². The van der Waals surface area contributed by atoms with Crippen LogP contribution in [0, 0.1) is 0 Å². The molecule has 0 aromatic heterocycles. The van der Waals surface area contributed by atoms with Crippen molar-refractivity contribution in [2.45, 2.75) is 316 Å². The molecule has 0 aromatic rings. The van der Waals surface area contributed by atoms with Gasteiger partial charge in [0.15, 0.2) is 6.10 Å². The number of allylic oxidation sites excluding steroid dienone is 4. The number of esters is 3. The number of ether oxygens (including phenoxy) is 3. The second-order valence-corrected chi connectivity index (χ2v) is 19.2. The van der Waals surface area contributed by atoms with Gasteiger partial charge in [0.25, 0.3) is 0 Å². The second kappa shape index (κ2) is 53.5. The standard InChI is InChI=1S/C58H108O6/c1-4-7-10-13-16-19-22-25-27-28-29-30-31-34-36-39-42-45-48-51-57(60)63-54-55(53-62-56(59)50-47-44-41-38-35-32-24-21-18-15-12-9-6-3)64-58(61)52-49-46-43-40-37-33-26-23-20-17-14-11-8-5-2/h28-29,33,37,55H,4-27,30-32,34-36,38-54H2,1-3H3/b29-28-,37-33-. The van der Waals surface area contributed by atoms with Crippen molar-refractivity contribution in [2.75, 3.05) is 13.2 Å². The summed E-state index contributed by atoms with van der Waals surface area (Å²) in [4.78, 5) is 38.1. The molecule has 0 saturated carbocycles. The zero-order valence-corrected chi connectivity index (χ0v) is 43.1. The van der Waals surface area contributed by atoms with E-state index in [4.69, 9.17) is 14.2 Å². The first-order valence-corrected chi connectivity index (χ1v) is 28.3. The summed E-state index contributed by atoms with van der Waals surface area (Å²) >= 11 is 0. The fourth-order valence-corrected chi connectivity index (χ4v) is 8.37. The van der Waals surface area contributed by atoms with E-state index in [1.807, 2.05) is 0 Å². The van der Waals surface area contributed by atoms with Gasteiger partial charge in [0.2, 0.25) is 0 Å². The van der Waals surface area contributed by atoms with Crippen LogP contribution < -0.4 is 0 Å². The highest BCUT2D eigenvalue weighted by molar-refractivity contribution is 5.71. The lowest BCUT2D eigenvalue weighted by atomic mass is 10.0. The number of hydrogen-bond donors (Lipinski definition) is 0. The Balaban J connectivity index is 4.33. The summed E-state index contributed by atoms with van der Waals surface area (Å²) in [5.74, 6) is -0.878. The predicted molar refractivity (Wildman–Crippen MR) is 275 cm³/mol. The van der Waals surface area contributed by atoms with E-state index in [0.29, 0.717) is 19.3 Å². The number of unbranched alkanes of at least 4 members (excludes halogenated alkanes) is 37. The predicted octanol–water partition coefficient (Wildman–Crippen LogP) is 18.7. The highest BCUT2D eigenvalue weighted by atomic mass is 16.6. The molecule has 0 aliphatic rings. The highest BCUT2D eigenvalue weighted by Gasteiger charge is 2.19. The first kappa shape index (κ1) is 61.9. The number of hydrogen-bond acceptors (Lipinski definition) is 6. The Morgan fingerprint density at radius 1 is 0.297 bits per heavy atom. The van der Waals surface area contributed by atoms with Crippen molar-refractivity contribution in [3.8, 4) is 0 Å². The maximum Gasteiger partial charge on any atom is 0.306 e. The van der Waals surface area contributed by atoms with Crippen molar-refractivity contribution in [2.24, 2.45) is 0 Å². The second-order valence-electron chi connectivity index (χ2n) is 19.2. The Labute approximate surface area is 398 Å². The van der Waals surface area contributed by atoms with Gasteiger partial charge in [0.05, 0.1) is 0 Å². The minimum Gasteiger partial charge on any atom is -0.462 e. The van der Waals surface area contributed by atoms with Crippen LogP contribution in [0.25, 0.3) is 0 Å². The maximum atomic E-state index is 12.8. The van der Waals surface area contributed by atoms with E-state index in [0.717, 1.165) is 70.6 Å². The first-order valence-electron chi connectivity index (χ1n) is 28.3. The van der Waals surface area contributed by atoms with Gasteiger partial charge in [-0.2, -0.15) is 0 Å². The summed E-state index contributed by atoms with van der Waals surface area (Å²) in [7, 11) is 0. The van der Waals surface area contributed by atoms with Crippen LogP contribution in [-0.4, -0.2) is 37.2 Å². The third kappa shape index (κ3) is 50.9. The molecular weight excluding hydrogens is 793 g/mol. The number of rotatable bonds is 52. The van der Waals surface area contributed by atoms with Gasteiger partial charge in [-0.3, -0.25) is 14.4 Å². The lowest BCUT2D eigenvalue weighted by Crippen LogP contribution is -2.30. The first-order chi connectivity index (χ1) is 31.5. The van der Waals surface area contributed by atoms with Crippen LogP contribution in [-0.2, 0) is 28.6 Å². The Morgan fingerprint density at radius 3 is 0.797 bits per heavy atom. The molecule has 0 aliphatic heterocycles. The summed E-state index contributed by atoms with van der Waals surface area (Å²) in [6.07, 6.45) is 61.7. The summed E-state index contributed by atoms with van der Waals surface area (Å²) in [5.41, 5.74) is 0. The third-order valence-corrected chi connectivity index (χ3v) is 12.7. The molecule has 6 nitrogen and oxygen atoms in total. The van der Waals surface area contributed by atoms with E-state index >= 15 is 0 Å². The lowest BCUT2D eigenvalue weighted by Gasteiger charge is -2.18. The molecule has 0 fully saturated rings. The largest absolute Gasteiger partial charge is 0.462 e. The molecule has 0 saturated heterocycles. The van der Waals surface area contributed by atoms with Crippen LogP contribution in [0.5, 0.6) is 0 Å². The van der Waals surface area contributed by atoms with Crippen molar-refractivity contribution in [1.29, 1.82) is 0 Å². The minimum atomic E-state index is -0.776. The molecule has 0 rings (SSSR count). The quantitative estimate of drug-likeness (QED) is 0.0262. The van der Waals surface area contributed by atoms with Crippen LogP contribution in [0.3, 0.4) is 0 Å². The average molecular weight is 901 g/mol.